The molecule has 3 N–H and O–H groups in total. The molecule has 0 spiro atoms. The van der Waals surface area contributed by atoms with Gasteiger partial charge in [0.05, 0.1) is 25.6 Å². The van der Waals surface area contributed by atoms with Gasteiger partial charge >= 0.3 is 0 Å². The standard InChI is InChI=1S/C21H20N4O6/c1-30-17-8-3-14(4-9-17)21(15-5-10-18(31-2)11-6-15)23-22-19-12-7-16(24(26)27)13-20(19)25(28)29/h3-13,22,28-29H,1-2H3/q-2. The zero-order valence-corrected chi connectivity index (χ0v) is 16.7. The first kappa shape index (κ1) is 21.9. The minimum Gasteiger partial charge on any atom is -0.769 e. The monoisotopic (exact) mass is 424 g/mol. The van der Waals surface area contributed by atoms with Crippen LogP contribution in [0.3, 0.4) is 0 Å². The quantitative estimate of drug-likeness (QED) is 0.362. The summed E-state index contributed by atoms with van der Waals surface area (Å²) >= 11 is 0. The van der Waals surface area contributed by atoms with E-state index in [1.165, 1.54) is 12.1 Å². The first-order chi connectivity index (χ1) is 14.9. The van der Waals surface area contributed by atoms with Crippen LogP contribution in [0.1, 0.15) is 11.1 Å². The van der Waals surface area contributed by atoms with E-state index in [2.05, 4.69) is 10.5 Å². The maximum atomic E-state index is 11.0. The maximum Gasteiger partial charge on any atom is 0.121 e. The van der Waals surface area contributed by atoms with Crippen LogP contribution in [0.25, 0.3) is 0 Å². The largest absolute Gasteiger partial charge is 0.769 e. The molecule has 0 aliphatic heterocycles. The Kier molecular flexibility index (Phi) is 6.90. The van der Waals surface area contributed by atoms with Crippen molar-refractivity contribution in [3.63, 3.8) is 0 Å². The molecular weight excluding hydrogens is 404 g/mol. The van der Waals surface area contributed by atoms with Gasteiger partial charge in [0.25, 0.3) is 0 Å². The Morgan fingerprint density at radius 1 is 0.839 bits per heavy atom. The van der Waals surface area contributed by atoms with Crippen LogP contribution in [0.15, 0.2) is 71.8 Å². The van der Waals surface area contributed by atoms with E-state index in [0.717, 1.165) is 17.2 Å². The van der Waals surface area contributed by atoms with Crippen molar-refractivity contribution >= 4 is 22.8 Å². The smallest absolute Gasteiger partial charge is 0.121 e. The average Bonchev–Trinajstić information content (AvgIpc) is 2.79. The molecule has 0 atom stereocenters. The second-order valence-electron chi connectivity index (χ2n) is 6.28. The van der Waals surface area contributed by atoms with Gasteiger partial charge in [-0.25, -0.2) is 0 Å². The highest BCUT2D eigenvalue weighted by Gasteiger charge is 2.12. The van der Waals surface area contributed by atoms with E-state index in [1.807, 2.05) is 24.3 Å². The molecule has 0 amide bonds. The lowest BCUT2D eigenvalue weighted by molar-refractivity contribution is 0.0295. The fraction of sp³-hybridized carbons (Fsp3) is 0.0952. The molecule has 0 aliphatic rings. The number of anilines is 3. The highest BCUT2D eigenvalue weighted by atomic mass is 16.8. The van der Waals surface area contributed by atoms with E-state index in [0.29, 0.717) is 17.2 Å². The van der Waals surface area contributed by atoms with Gasteiger partial charge in [-0.3, -0.25) is 15.8 Å². The molecule has 10 heteroatoms. The molecule has 0 saturated heterocycles. The zero-order valence-electron chi connectivity index (χ0n) is 16.7. The Hall–Kier alpha value is -3.83. The van der Waals surface area contributed by atoms with E-state index in [-0.39, 0.29) is 22.3 Å². The van der Waals surface area contributed by atoms with Gasteiger partial charge in [-0.15, -0.1) is 5.23 Å². The van der Waals surface area contributed by atoms with Crippen LogP contribution in [0.2, 0.25) is 0 Å². The summed E-state index contributed by atoms with van der Waals surface area (Å²) in [6, 6.07) is 18.0. The molecule has 0 unspecified atom stereocenters. The van der Waals surface area contributed by atoms with Gasteiger partial charge in [0.15, 0.2) is 0 Å². The van der Waals surface area contributed by atoms with Crippen molar-refractivity contribution in [1.29, 1.82) is 0 Å². The molecule has 3 aromatic carbocycles. The normalized spacial score (nSPS) is 10.3. The van der Waals surface area contributed by atoms with Crippen LogP contribution in [0, 0.1) is 10.4 Å². The van der Waals surface area contributed by atoms with E-state index in [1.54, 1.807) is 38.5 Å². The van der Waals surface area contributed by atoms with Crippen molar-refractivity contribution in [2.45, 2.75) is 0 Å². The zero-order chi connectivity index (χ0) is 22.4. The minimum atomic E-state index is -0.639. The van der Waals surface area contributed by atoms with Crippen LogP contribution in [0.5, 0.6) is 11.5 Å². The summed E-state index contributed by atoms with van der Waals surface area (Å²) in [5.74, 6) is 1.36. The second kappa shape index (κ2) is 9.78. The van der Waals surface area contributed by atoms with E-state index in [9.17, 15) is 20.8 Å². The van der Waals surface area contributed by atoms with Crippen LogP contribution in [-0.2, 0) is 0 Å². The van der Waals surface area contributed by atoms with E-state index in [4.69, 9.17) is 9.47 Å². The minimum absolute atomic E-state index is 0.148. The lowest BCUT2D eigenvalue weighted by Gasteiger charge is -2.37. The summed E-state index contributed by atoms with van der Waals surface area (Å²) in [6.45, 7) is 0. The number of hydrogen-bond donors (Lipinski definition) is 3. The fourth-order valence-corrected chi connectivity index (χ4v) is 2.80. The predicted molar refractivity (Wildman–Crippen MR) is 117 cm³/mol. The van der Waals surface area contributed by atoms with E-state index >= 15 is 0 Å². The fourth-order valence-electron chi connectivity index (χ4n) is 2.80. The SMILES string of the molecule is COc1ccc(C(=NNc2ccc(N([O-])[O-])cc2N(O)O)c2ccc(OC)cc2)cc1. The van der Waals surface area contributed by atoms with Gasteiger partial charge in [0, 0.05) is 16.8 Å². The van der Waals surface area contributed by atoms with Gasteiger partial charge in [-0.05, 0) is 66.7 Å². The summed E-state index contributed by atoms with van der Waals surface area (Å²) in [4.78, 5) is 0. The third-order valence-corrected chi connectivity index (χ3v) is 4.42. The number of nitrogens with one attached hydrogen (secondary N) is 1. The Bertz CT molecular complexity index is 987. The van der Waals surface area contributed by atoms with Crippen LogP contribution >= 0.6 is 0 Å². The first-order valence-electron chi connectivity index (χ1n) is 9.02. The number of methoxy groups -OCH3 is 2. The first-order valence-corrected chi connectivity index (χ1v) is 9.02. The summed E-state index contributed by atoms with van der Waals surface area (Å²) in [5, 5.41) is 44.5. The van der Waals surface area contributed by atoms with E-state index < -0.39 is 5.23 Å². The summed E-state index contributed by atoms with van der Waals surface area (Å²) in [7, 11) is 3.14. The Morgan fingerprint density at radius 3 is 1.77 bits per heavy atom. The van der Waals surface area contributed by atoms with Crippen molar-refractivity contribution < 1.29 is 19.9 Å². The van der Waals surface area contributed by atoms with Crippen molar-refractivity contribution in [2.75, 3.05) is 30.1 Å². The number of benzene rings is 3. The van der Waals surface area contributed by atoms with Gasteiger partial charge in [-0.1, -0.05) is 0 Å². The molecule has 0 aromatic heterocycles. The molecule has 31 heavy (non-hydrogen) atoms. The molecule has 3 rings (SSSR count). The molecular formula is C21H20N4O6-2. The highest BCUT2D eigenvalue weighted by molar-refractivity contribution is 6.13. The number of hydrazone groups is 1. The number of hydrogen-bond acceptors (Lipinski definition) is 10. The summed E-state index contributed by atoms with van der Waals surface area (Å²) in [6.07, 6.45) is 0. The third kappa shape index (κ3) is 5.21. The summed E-state index contributed by atoms with van der Waals surface area (Å²) in [5.41, 5.74) is 4.42. The molecule has 0 bridgehead atoms. The highest BCUT2D eigenvalue weighted by Crippen LogP contribution is 2.30. The summed E-state index contributed by atoms with van der Waals surface area (Å²) < 4.78 is 10.4. The predicted octanol–water partition coefficient (Wildman–Crippen LogP) is 3.96. The molecule has 162 valence electrons. The molecule has 0 saturated carbocycles. The number of ether oxygens (including phenoxy) is 2. The van der Waals surface area contributed by atoms with Crippen molar-refractivity contribution in [3.05, 3.63) is 88.3 Å². The second-order valence-corrected chi connectivity index (χ2v) is 6.28. The number of nitrogens with zero attached hydrogens (tertiary/aromatic N) is 3. The van der Waals surface area contributed by atoms with Gasteiger partial charge in [-0.2, -0.15) is 5.10 Å². The Labute approximate surface area is 178 Å². The lowest BCUT2D eigenvalue weighted by Crippen LogP contribution is -2.15. The average molecular weight is 424 g/mol. The number of rotatable bonds is 8. The molecule has 0 fully saturated rings. The maximum absolute atomic E-state index is 11.0. The Morgan fingerprint density at radius 2 is 1.35 bits per heavy atom. The van der Waals surface area contributed by atoms with Crippen LogP contribution in [0.4, 0.5) is 17.1 Å². The molecule has 0 heterocycles. The van der Waals surface area contributed by atoms with Crippen LogP contribution in [-0.4, -0.2) is 30.3 Å². The van der Waals surface area contributed by atoms with Crippen molar-refractivity contribution in [1.82, 2.24) is 0 Å². The molecule has 10 nitrogen and oxygen atoms in total. The lowest BCUT2D eigenvalue weighted by atomic mass is 10.0. The molecule has 3 aromatic rings. The molecule has 0 aliphatic carbocycles. The van der Waals surface area contributed by atoms with Crippen molar-refractivity contribution in [3.8, 4) is 11.5 Å². The van der Waals surface area contributed by atoms with Crippen LogP contribution < -0.4 is 25.4 Å². The van der Waals surface area contributed by atoms with Crippen molar-refractivity contribution in [2.24, 2.45) is 5.10 Å². The van der Waals surface area contributed by atoms with Gasteiger partial charge in [0.2, 0.25) is 0 Å². The molecule has 0 radical (unpaired) electrons. The van der Waals surface area contributed by atoms with Gasteiger partial charge in [0.1, 0.15) is 17.2 Å². The Balaban J connectivity index is 2.02. The topological polar surface area (TPSA) is 136 Å². The van der Waals surface area contributed by atoms with Gasteiger partial charge < -0.3 is 25.1 Å². The third-order valence-electron chi connectivity index (χ3n) is 4.42.